The number of hydrogen-bond donors (Lipinski definition) is 1. The number of hydrogen-bond acceptors (Lipinski definition) is 2. The quantitative estimate of drug-likeness (QED) is 0.852. The minimum Gasteiger partial charge on any atom is -0.481 e. The summed E-state index contributed by atoms with van der Waals surface area (Å²) in [7, 11) is 1.83. The van der Waals surface area contributed by atoms with Crippen LogP contribution in [0.15, 0.2) is 18.3 Å². The number of amides is 1. The molecular weight excluding hydrogens is 232 g/mol. The summed E-state index contributed by atoms with van der Waals surface area (Å²) in [5.41, 5.74) is 0.637. The van der Waals surface area contributed by atoms with E-state index < -0.39 is 5.97 Å². The van der Waals surface area contributed by atoms with Crippen LogP contribution >= 0.6 is 0 Å². The van der Waals surface area contributed by atoms with E-state index in [0.29, 0.717) is 12.1 Å². The van der Waals surface area contributed by atoms with Crippen LogP contribution in [0.1, 0.15) is 29.8 Å². The first-order valence-electron chi connectivity index (χ1n) is 6.26. The first-order chi connectivity index (χ1) is 8.59. The van der Waals surface area contributed by atoms with Gasteiger partial charge in [-0.25, -0.2) is 0 Å². The summed E-state index contributed by atoms with van der Waals surface area (Å²) < 4.78 is 1.79. The van der Waals surface area contributed by atoms with Gasteiger partial charge in [0.15, 0.2) is 0 Å². The predicted octanol–water partition coefficient (Wildman–Crippen LogP) is 1.10. The lowest BCUT2D eigenvalue weighted by Gasteiger charge is -2.23. The molecule has 3 unspecified atom stereocenters. The molecule has 1 amide bonds. The summed E-state index contributed by atoms with van der Waals surface area (Å²) >= 11 is 0. The highest BCUT2D eigenvalue weighted by Crippen LogP contribution is 2.42. The number of carbonyl (C=O) groups is 2. The molecule has 0 spiro atoms. The third kappa shape index (κ3) is 1.46. The van der Waals surface area contributed by atoms with Crippen LogP contribution in [-0.2, 0) is 11.8 Å². The summed E-state index contributed by atoms with van der Waals surface area (Å²) in [5.74, 6) is -1.18. The Balaban J connectivity index is 1.88. The number of carboxylic acids is 1. The number of aromatic nitrogens is 1. The molecule has 0 aliphatic carbocycles. The van der Waals surface area contributed by atoms with Gasteiger partial charge in [0.05, 0.1) is 5.92 Å². The highest BCUT2D eigenvalue weighted by molar-refractivity contribution is 5.94. The SMILES string of the molecule is Cn1cccc1C(=O)N1C2CCC1C(C(=O)O)C2. The van der Waals surface area contributed by atoms with E-state index in [1.54, 1.807) is 15.5 Å². The van der Waals surface area contributed by atoms with Crippen molar-refractivity contribution in [2.45, 2.75) is 31.3 Å². The second kappa shape index (κ2) is 3.86. The standard InChI is InChI=1S/C13H16N2O3/c1-14-6-2-3-11(14)12(16)15-8-4-5-10(15)9(7-8)13(17)18/h2-3,6,8-10H,4-5,7H2,1H3,(H,17,18). The average Bonchev–Trinajstić information content (AvgIpc) is 3.01. The molecule has 2 bridgehead atoms. The van der Waals surface area contributed by atoms with Crippen molar-refractivity contribution in [2.75, 3.05) is 0 Å². The van der Waals surface area contributed by atoms with Crippen molar-refractivity contribution < 1.29 is 14.7 Å². The maximum atomic E-state index is 12.5. The van der Waals surface area contributed by atoms with Crippen molar-refractivity contribution in [3.05, 3.63) is 24.0 Å². The smallest absolute Gasteiger partial charge is 0.308 e. The van der Waals surface area contributed by atoms with Crippen LogP contribution in [-0.4, -0.2) is 38.5 Å². The molecule has 1 aromatic heterocycles. The van der Waals surface area contributed by atoms with Crippen LogP contribution < -0.4 is 0 Å². The van der Waals surface area contributed by atoms with Crippen LogP contribution in [0.2, 0.25) is 0 Å². The molecule has 2 aliphatic rings. The molecule has 1 aromatic rings. The Morgan fingerprint density at radius 2 is 2.17 bits per heavy atom. The average molecular weight is 248 g/mol. The molecule has 2 fully saturated rings. The highest BCUT2D eigenvalue weighted by atomic mass is 16.4. The number of nitrogens with zero attached hydrogens (tertiary/aromatic N) is 2. The fourth-order valence-electron chi connectivity index (χ4n) is 3.39. The molecule has 96 valence electrons. The molecule has 2 saturated heterocycles. The van der Waals surface area contributed by atoms with Crippen molar-refractivity contribution >= 4 is 11.9 Å². The van der Waals surface area contributed by atoms with E-state index in [4.69, 9.17) is 0 Å². The number of aliphatic carboxylic acids is 1. The number of rotatable bonds is 2. The van der Waals surface area contributed by atoms with Crippen LogP contribution in [0, 0.1) is 5.92 Å². The van der Waals surface area contributed by atoms with Gasteiger partial charge in [0.2, 0.25) is 0 Å². The predicted molar refractivity (Wildman–Crippen MR) is 64.1 cm³/mol. The molecule has 0 radical (unpaired) electrons. The zero-order chi connectivity index (χ0) is 12.9. The van der Waals surface area contributed by atoms with Crippen LogP contribution in [0.3, 0.4) is 0 Å². The Morgan fingerprint density at radius 1 is 1.39 bits per heavy atom. The van der Waals surface area contributed by atoms with E-state index in [9.17, 15) is 14.7 Å². The van der Waals surface area contributed by atoms with Gasteiger partial charge in [0.25, 0.3) is 5.91 Å². The van der Waals surface area contributed by atoms with E-state index in [-0.39, 0.29) is 23.9 Å². The third-order valence-corrected chi connectivity index (χ3v) is 4.25. The summed E-state index contributed by atoms with van der Waals surface area (Å²) in [6.45, 7) is 0. The van der Waals surface area contributed by atoms with Crippen molar-refractivity contribution in [1.82, 2.24) is 9.47 Å². The van der Waals surface area contributed by atoms with Crippen LogP contribution in [0.4, 0.5) is 0 Å². The summed E-state index contributed by atoms with van der Waals surface area (Å²) in [4.78, 5) is 25.4. The lowest BCUT2D eigenvalue weighted by molar-refractivity contribution is -0.142. The van der Waals surface area contributed by atoms with E-state index in [1.165, 1.54) is 0 Å². The summed E-state index contributed by atoms with van der Waals surface area (Å²) in [6, 6.07) is 3.61. The molecular formula is C13H16N2O3. The van der Waals surface area contributed by atoms with E-state index in [1.807, 2.05) is 19.3 Å². The van der Waals surface area contributed by atoms with E-state index in [0.717, 1.165) is 12.8 Å². The van der Waals surface area contributed by atoms with Crippen molar-refractivity contribution in [3.63, 3.8) is 0 Å². The van der Waals surface area contributed by atoms with Gasteiger partial charge in [-0.05, 0) is 31.4 Å². The molecule has 3 heterocycles. The van der Waals surface area contributed by atoms with E-state index >= 15 is 0 Å². The second-order valence-electron chi connectivity index (χ2n) is 5.20. The largest absolute Gasteiger partial charge is 0.481 e. The Kier molecular flexibility index (Phi) is 2.43. The Morgan fingerprint density at radius 3 is 2.72 bits per heavy atom. The Bertz CT molecular complexity index is 508. The zero-order valence-electron chi connectivity index (χ0n) is 10.2. The summed E-state index contributed by atoms with van der Waals surface area (Å²) in [5, 5.41) is 9.18. The number of carboxylic acid groups (broad SMARTS) is 1. The fourth-order valence-corrected chi connectivity index (χ4v) is 3.39. The van der Waals surface area contributed by atoms with Gasteiger partial charge < -0.3 is 14.6 Å². The molecule has 3 rings (SSSR count). The van der Waals surface area contributed by atoms with Gasteiger partial charge in [-0.1, -0.05) is 0 Å². The number of aryl methyl sites for hydroxylation is 1. The van der Waals surface area contributed by atoms with Crippen molar-refractivity contribution in [2.24, 2.45) is 13.0 Å². The molecule has 5 heteroatoms. The molecule has 0 saturated carbocycles. The number of fused-ring (bicyclic) bond motifs is 2. The van der Waals surface area contributed by atoms with Gasteiger partial charge in [0.1, 0.15) is 5.69 Å². The van der Waals surface area contributed by atoms with Gasteiger partial charge in [-0.15, -0.1) is 0 Å². The Labute approximate surface area is 105 Å². The van der Waals surface area contributed by atoms with Crippen LogP contribution in [0.25, 0.3) is 0 Å². The third-order valence-electron chi connectivity index (χ3n) is 4.25. The lowest BCUT2D eigenvalue weighted by Crippen LogP contribution is -2.38. The van der Waals surface area contributed by atoms with Gasteiger partial charge in [0, 0.05) is 25.3 Å². The minimum atomic E-state index is -0.771. The van der Waals surface area contributed by atoms with Crippen molar-refractivity contribution in [3.8, 4) is 0 Å². The normalized spacial score (nSPS) is 29.8. The molecule has 5 nitrogen and oxygen atoms in total. The Hall–Kier alpha value is -1.78. The first-order valence-corrected chi connectivity index (χ1v) is 6.26. The molecule has 0 aromatic carbocycles. The lowest BCUT2D eigenvalue weighted by atomic mass is 9.89. The maximum Gasteiger partial charge on any atom is 0.308 e. The second-order valence-corrected chi connectivity index (χ2v) is 5.20. The molecule has 1 N–H and O–H groups in total. The van der Waals surface area contributed by atoms with E-state index in [2.05, 4.69) is 0 Å². The first kappa shape index (κ1) is 11.3. The number of carbonyl (C=O) groups excluding carboxylic acids is 1. The zero-order valence-corrected chi connectivity index (χ0v) is 10.2. The monoisotopic (exact) mass is 248 g/mol. The fraction of sp³-hybridized carbons (Fsp3) is 0.538. The molecule has 18 heavy (non-hydrogen) atoms. The molecule has 2 aliphatic heterocycles. The van der Waals surface area contributed by atoms with Gasteiger partial charge >= 0.3 is 5.97 Å². The molecule has 3 atom stereocenters. The minimum absolute atomic E-state index is 0.0289. The maximum absolute atomic E-state index is 12.5. The van der Waals surface area contributed by atoms with Crippen molar-refractivity contribution in [1.29, 1.82) is 0 Å². The van der Waals surface area contributed by atoms with Crippen LogP contribution in [0.5, 0.6) is 0 Å². The highest BCUT2D eigenvalue weighted by Gasteiger charge is 2.51. The summed E-state index contributed by atoms with van der Waals surface area (Å²) in [6.07, 6.45) is 4.19. The van der Waals surface area contributed by atoms with Gasteiger partial charge in [-0.2, -0.15) is 0 Å². The van der Waals surface area contributed by atoms with Gasteiger partial charge in [-0.3, -0.25) is 9.59 Å². The topological polar surface area (TPSA) is 62.5 Å².